The van der Waals surface area contributed by atoms with Crippen molar-refractivity contribution in [2.24, 2.45) is 0 Å². The zero-order valence-electron chi connectivity index (χ0n) is 8.78. The monoisotopic (exact) mass is 227 g/mol. The molecule has 1 aliphatic rings. The van der Waals surface area contributed by atoms with Gasteiger partial charge in [-0.15, -0.1) is 11.3 Å². The average Bonchev–Trinajstić information content (AvgIpc) is 2.72. The SMILES string of the molecule is CC[N+]1([O-])Cc2cc(C(=O)OC)sc2C1. The summed E-state index contributed by atoms with van der Waals surface area (Å²) in [6, 6.07) is 1.79. The first-order valence-corrected chi connectivity index (χ1v) is 5.66. The van der Waals surface area contributed by atoms with Crippen LogP contribution in [-0.2, 0) is 17.8 Å². The third-order valence-corrected chi connectivity index (χ3v) is 3.89. The van der Waals surface area contributed by atoms with Gasteiger partial charge < -0.3 is 14.6 Å². The van der Waals surface area contributed by atoms with Crippen molar-refractivity contribution in [1.29, 1.82) is 0 Å². The van der Waals surface area contributed by atoms with Gasteiger partial charge in [0.2, 0.25) is 0 Å². The molecule has 0 saturated carbocycles. The molecule has 5 heteroatoms. The average molecular weight is 227 g/mol. The number of hydroxylamine groups is 3. The molecule has 0 bridgehead atoms. The molecule has 0 amide bonds. The Morgan fingerprint density at radius 3 is 2.93 bits per heavy atom. The van der Waals surface area contributed by atoms with Gasteiger partial charge in [0.15, 0.2) is 0 Å². The Balaban J connectivity index is 2.23. The number of methoxy groups -OCH3 is 1. The lowest BCUT2D eigenvalue weighted by atomic mass is 10.3. The summed E-state index contributed by atoms with van der Waals surface area (Å²) in [5.41, 5.74) is 1.01. The highest BCUT2D eigenvalue weighted by Crippen LogP contribution is 2.35. The zero-order valence-corrected chi connectivity index (χ0v) is 9.60. The second-order valence-electron chi connectivity index (χ2n) is 3.74. The Hall–Kier alpha value is -0.910. The quantitative estimate of drug-likeness (QED) is 0.440. The molecule has 2 heterocycles. The summed E-state index contributed by atoms with van der Waals surface area (Å²) in [6.45, 7) is 3.45. The van der Waals surface area contributed by atoms with Crippen molar-refractivity contribution in [2.75, 3.05) is 13.7 Å². The summed E-state index contributed by atoms with van der Waals surface area (Å²) in [7, 11) is 1.37. The Morgan fingerprint density at radius 2 is 2.40 bits per heavy atom. The van der Waals surface area contributed by atoms with Crippen molar-refractivity contribution in [3.63, 3.8) is 0 Å². The number of hydrogen-bond donors (Lipinski definition) is 0. The highest BCUT2D eigenvalue weighted by Gasteiger charge is 2.30. The van der Waals surface area contributed by atoms with Crippen LogP contribution in [0.25, 0.3) is 0 Å². The van der Waals surface area contributed by atoms with Gasteiger partial charge in [-0.25, -0.2) is 4.79 Å². The van der Waals surface area contributed by atoms with Crippen LogP contribution in [0, 0.1) is 5.21 Å². The molecule has 1 atom stereocenters. The predicted octanol–water partition coefficient (Wildman–Crippen LogP) is 1.88. The minimum absolute atomic E-state index is 0.192. The standard InChI is InChI=1S/C10H13NO3S/c1-3-11(13)5-7-4-8(10(12)14-2)15-9(7)6-11/h4H,3,5-6H2,1-2H3. The third-order valence-electron chi connectivity index (χ3n) is 2.75. The van der Waals surface area contributed by atoms with E-state index in [-0.39, 0.29) is 10.6 Å². The van der Waals surface area contributed by atoms with E-state index in [0.29, 0.717) is 24.5 Å². The maximum absolute atomic E-state index is 12.0. The van der Waals surface area contributed by atoms with Crippen LogP contribution in [0.4, 0.5) is 0 Å². The Kier molecular flexibility index (Phi) is 2.54. The number of ether oxygens (including phenoxy) is 1. The molecule has 82 valence electrons. The minimum Gasteiger partial charge on any atom is -0.632 e. The van der Waals surface area contributed by atoms with Crippen LogP contribution in [0.2, 0.25) is 0 Å². The van der Waals surface area contributed by atoms with Gasteiger partial charge in [0.25, 0.3) is 0 Å². The van der Waals surface area contributed by atoms with Gasteiger partial charge in [0, 0.05) is 5.56 Å². The van der Waals surface area contributed by atoms with Gasteiger partial charge in [0.05, 0.1) is 18.5 Å². The van der Waals surface area contributed by atoms with E-state index in [4.69, 9.17) is 0 Å². The van der Waals surface area contributed by atoms with Gasteiger partial charge in [-0.2, -0.15) is 0 Å². The molecule has 0 aliphatic carbocycles. The molecule has 0 aromatic carbocycles. The molecule has 2 rings (SSSR count). The predicted molar refractivity (Wildman–Crippen MR) is 57.2 cm³/mol. The van der Waals surface area contributed by atoms with Crippen molar-refractivity contribution in [3.8, 4) is 0 Å². The fourth-order valence-corrected chi connectivity index (χ4v) is 2.97. The van der Waals surface area contributed by atoms with E-state index in [1.54, 1.807) is 6.07 Å². The van der Waals surface area contributed by atoms with Crippen LogP contribution in [0.1, 0.15) is 27.0 Å². The van der Waals surface area contributed by atoms with Crippen molar-refractivity contribution < 1.29 is 14.2 Å². The lowest BCUT2D eigenvalue weighted by Gasteiger charge is -2.37. The normalized spacial score (nSPS) is 23.9. The van der Waals surface area contributed by atoms with Crippen LogP contribution in [-0.4, -0.2) is 24.3 Å². The first-order chi connectivity index (χ1) is 7.08. The number of rotatable bonds is 2. The molecule has 0 spiro atoms. The van der Waals surface area contributed by atoms with E-state index >= 15 is 0 Å². The van der Waals surface area contributed by atoms with Gasteiger partial charge >= 0.3 is 5.97 Å². The van der Waals surface area contributed by atoms with E-state index < -0.39 is 0 Å². The Morgan fingerprint density at radius 1 is 1.67 bits per heavy atom. The van der Waals surface area contributed by atoms with Crippen molar-refractivity contribution >= 4 is 17.3 Å². The number of esters is 1. The number of carbonyl (C=O) groups is 1. The summed E-state index contributed by atoms with van der Waals surface area (Å²) in [5.74, 6) is -0.310. The second kappa shape index (κ2) is 3.59. The van der Waals surface area contributed by atoms with Crippen LogP contribution in [0.3, 0.4) is 0 Å². The number of fused-ring (bicyclic) bond motifs is 1. The second-order valence-corrected chi connectivity index (χ2v) is 4.88. The number of carbonyl (C=O) groups excluding carboxylic acids is 1. The van der Waals surface area contributed by atoms with E-state index in [1.807, 2.05) is 6.92 Å². The number of thiophene rings is 1. The highest BCUT2D eigenvalue weighted by molar-refractivity contribution is 7.14. The molecular weight excluding hydrogens is 214 g/mol. The molecule has 1 unspecified atom stereocenters. The molecule has 4 nitrogen and oxygen atoms in total. The summed E-state index contributed by atoms with van der Waals surface area (Å²) >= 11 is 1.38. The third kappa shape index (κ3) is 1.78. The molecule has 0 N–H and O–H groups in total. The van der Waals surface area contributed by atoms with Gasteiger partial charge in [-0.1, -0.05) is 0 Å². The maximum atomic E-state index is 12.0. The zero-order chi connectivity index (χ0) is 11.1. The Bertz CT molecular complexity index is 376. The number of hydrogen-bond acceptors (Lipinski definition) is 4. The molecule has 0 radical (unpaired) electrons. The van der Waals surface area contributed by atoms with Crippen LogP contribution in [0.15, 0.2) is 6.07 Å². The van der Waals surface area contributed by atoms with Gasteiger partial charge in [-0.05, 0) is 13.0 Å². The summed E-state index contributed by atoms with van der Waals surface area (Å²) in [5, 5.41) is 12.0. The van der Waals surface area contributed by atoms with Crippen LogP contribution < -0.4 is 0 Å². The first-order valence-electron chi connectivity index (χ1n) is 4.85. The molecular formula is C10H13NO3S. The topological polar surface area (TPSA) is 49.4 Å². The molecule has 1 aromatic rings. The molecule has 0 saturated heterocycles. The fraction of sp³-hybridized carbons (Fsp3) is 0.500. The van der Waals surface area contributed by atoms with Gasteiger partial charge in [-0.3, -0.25) is 0 Å². The fourth-order valence-electron chi connectivity index (χ4n) is 1.79. The molecule has 15 heavy (non-hydrogen) atoms. The number of nitrogens with zero attached hydrogens (tertiary/aromatic N) is 1. The summed E-state index contributed by atoms with van der Waals surface area (Å²) < 4.78 is 4.45. The van der Waals surface area contributed by atoms with Gasteiger partial charge in [0.1, 0.15) is 18.0 Å². The molecule has 1 aliphatic heterocycles. The lowest BCUT2D eigenvalue weighted by molar-refractivity contribution is -0.898. The summed E-state index contributed by atoms with van der Waals surface area (Å²) in [6.07, 6.45) is 0. The van der Waals surface area contributed by atoms with Crippen molar-refractivity contribution in [2.45, 2.75) is 20.0 Å². The van der Waals surface area contributed by atoms with E-state index in [0.717, 1.165) is 10.4 Å². The maximum Gasteiger partial charge on any atom is 0.348 e. The van der Waals surface area contributed by atoms with E-state index in [9.17, 15) is 10.0 Å². The van der Waals surface area contributed by atoms with Crippen LogP contribution in [0.5, 0.6) is 0 Å². The van der Waals surface area contributed by atoms with Crippen LogP contribution >= 0.6 is 11.3 Å². The molecule has 0 fully saturated rings. The smallest absolute Gasteiger partial charge is 0.348 e. The van der Waals surface area contributed by atoms with E-state index in [1.165, 1.54) is 18.4 Å². The summed E-state index contributed by atoms with van der Waals surface area (Å²) in [4.78, 5) is 12.9. The van der Waals surface area contributed by atoms with E-state index in [2.05, 4.69) is 4.74 Å². The minimum atomic E-state index is -0.310. The Labute approximate surface area is 92.2 Å². The van der Waals surface area contributed by atoms with Crippen molar-refractivity contribution in [1.82, 2.24) is 0 Å². The lowest BCUT2D eigenvalue weighted by Crippen LogP contribution is -2.35. The number of quaternary nitrogens is 1. The molecule has 1 aromatic heterocycles. The van der Waals surface area contributed by atoms with Crippen molar-refractivity contribution in [3.05, 3.63) is 26.6 Å². The highest BCUT2D eigenvalue weighted by atomic mass is 32.1. The largest absolute Gasteiger partial charge is 0.632 e. The first kappa shape index (κ1) is 10.6.